The van der Waals surface area contributed by atoms with Crippen LogP contribution < -0.4 is 10.5 Å². The van der Waals surface area contributed by atoms with Gasteiger partial charge in [0.05, 0.1) is 34.5 Å². The molecular formula is C14H17BrClN3O. The molecule has 0 saturated carbocycles. The summed E-state index contributed by atoms with van der Waals surface area (Å²) in [6.45, 7) is 2.89. The van der Waals surface area contributed by atoms with Crippen molar-refractivity contribution in [2.45, 2.75) is 25.9 Å². The molecule has 1 unspecified atom stereocenters. The molecule has 0 amide bonds. The molecule has 0 fully saturated rings. The van der Waals surface area contributed by atoms with Gasteiger partial charge in [0.2, 0.25) is 0 Å². The molecule has 2 N–H and O–H groups in total. The van der Waals surface area contributed by atoms with Crippen LogP contribution in [0, 0.1) is 0 Å². The van der Waals surface area contributed by atoms with Gasteiger partial charge in [0.1, 0.15) is 5.75 Å². The van der Waals surface area contributed by atoms with Gasteiger partial charge in [-0.1, -0.05) is 24.6 Å². The van der Waals surface area contributed by atoms with E-state index in [-0.39, 0.29) is 6.04 Å². The Morgan fingerprint density at radius 3 is 2.85 bits per heavy atom. The zero-order valence-electron chi connectivity index (χ0n) is 11.4. The summed E-state index contributed by atoms with van der Waals surface area (Å²) in [5.74, 6) is 0.772. The molecule has 1 heterocycles. The molecule has 6 heteroatoms. The predicted octanol–water partition coefficient (Wildman–Crippen LogP) is 3.77. The van der Waals surface area contributed by atoms with Crippen LogP contribution in [0.4, 0.5) is 0 Å². The number of rotatable bonds is 5. The van der Waals surface area contributed by atoms with Crippen molar-refractivity contribution in [3.8, 4) is 5.75 Å². The zero-order valence-corrected chi connectivity index (χ0v) is 13.8. The van der Waals surface area contributed by atoms with Gasteiger partial charge in [-0.3, -0.25) is 4.68 Å². The number of hydrogen-bond acceptors (Lipinski definition) is 3. The van der Waals surface area contributed by atoms with E-state index in [1.54, 1.807) is 13.3 Å². The summed E-state index contributed by atoms with van der Waals surface area (Å²) in [6.07, 6.45) is 2.62. The van der Waals surface area contributed by atoms with Gasteiger partial charge in [-0.25, -0.2) is 0 Å². The third-order valence-electron chi connectivity index (χ3n) is 3.10. The van der Waals surface area contributed by atoms with E-state index in [9.17, 15) is 0 Å². The molecule has 2 aromatic rings. The van der Waals surface area contributed by atoms with E-state index >= 15 is 0 Å². The largest absolute Gasteiger partial charge is 0.496 e. The SMILES string of the molecule is CCCn1ncc(Cl)c1C(N)c1ccc(OC)c(Br)c1. The molecule has 2 rings (SSSR count). The highest BCUT2D eigenvalue weighted by molar-refractivity contribution is 9.10. The summed E-state index contributed by atoms with van der Waals surface area (Å²) in [7, 11) is 1.63. The first-order valence-electron chi connectivity index (χ1n) is 6.38. The first kappa shape index (κ1) is 15.4. The molecule has 0 spiro atoms. The van der Waals surface area contributed by atoms with Gasteiger partial charge < -0.3 is 10.5 Å². The van der Waals surface area contributed by atoms with Crippen molar-refractivity contribution < 1.29 is 4.74 Å². The van der Waals surface area contributed by atoms with Crippen LogP contribution in [0.25, 0.3) is 0 Å². The monoisotopic (exact) mass is 357 g/mol. The molecule has 108 valence electrons. The standard InChI is InChI=1S/C14H17BrClN3O/c1-3-6-19-14(11(16)8-18-19)13(17)9-4-5-12(20-2)10(15)7-9/h4-5,7-8,13H,3,6,17H2,1-2H3. The van der Waals surface area contributed by atoms with Gasteiger partial charge in [0.15, 0.2) is 0 Å². The minimum atomic E-state index is -0.321. The first-order chi connectivity index (χ1) is 9.58. The molecular weight excluding hydrogens is 342 g/mol. The quantitative estimate of drug-likeness (QED) is 0.885. The van der Waals surface area contributed by atoms with E-state index in [1.165, 1.54) is 0 Å². The van der Waals surface area contributed by atoms with Crippen molar-refractivity contribution in [1.29, 1.82) is 0 Å². The highest BCUT2D eigenvalue weighted by Gasteiger charge is 2.19. The molecule has 0 saturated heterocycles. The van der Waals surface area contributed by atoms with Gasteiger partial charge in [0.25, 0.3) is 0 Å². The van der Waals surface area contributed by atoms with E-state index in [1.807, 2.05) is 22.9 Å². The van der Waals surface area contributed by atoms with Gasteiger partial charge in [-0.15, -0.1) is 0 Å². The number of nitrogens with zero attached hydrogens (tertiary/aromatic N) is 2. The van der Waals surface area contributed by atoms with Crippen LogP contribution >= 0.6 is 27.5 Å². The predicted molar refractivity (Wildman–Crippen MR) is 84.3 cm³/mol. The van der Waals surface area contributed by atoms with E-state index in [4.69, 9.17) is 22.1 Å². The smallest absolute Gasteiger partial charge is 0.133 e. The molecule has 20 heavy (non-hydrogen) atoms. The Morgan fingerprint density at radius 1 is 1.50 bits per heavy atom. The number of hydrogen-bond donors (Lipinski definition) is 1. The fraction of sp³-hybridized carbons (Fsp3) is 0.357. The number of benzene rings is 1. The maximum atomic E-state index is 6.35. The van der Waals surface area contributed by atoms with Crippen LogP contribution in [-0.2, 0) is 6.54 Å². The number of methoxy groups -OCH3 is 1. The summed E-state index contributed by atoms with van der Waals surface area (Å²) < 4.78 is 7.96. The molecule has 1 aromatic heterocycles. The fourth-order valence-corrected chi connectivity index (χ4v) is 2.92. The minimum Gasteiger partial charge on any atom is -0.496 e. The van der Waals surface area contributed by atoms with Crippen LogP contribution in [0.15, 0.2) is 28.9 Å². The lowest BCUT2D eigenvalue weighted by Crippen LogP contribution is -2.18. The molecule has 0 aliphatic rings. The van der Waals surface area contributed by atoms with Gasteiger partial charge in [0, 0.05) is 6.54 Å². The van der Waals surface area contributed by atoms with E-state index in [2.05, 4.69) is 28.0 Å². The summed E-state index contributed by atoms with van der Waals surface area (Å²) in [4.78, 5) is 0. The average Bonchev–Trinajstić information content (AvgIpc) is 2.79. The van der Waals surface area contributed by atoms with Crippen molar-refractivity contribution >= 4 is 27.5 Å². The Kier molecular flexibility index (Phi) is 5.07. The van der Waals surface area contributed by atoms with Crippen molar-refractivity contribution in [2.75, 3.05) is 7.11 Å². The Labute approximate surface area is 132 Å². The van der Waals surface area contributed by atoms with Crippen molar-refractivity contribution in [3.63, 3.8) is 0 Å². The van der Waals surface area contributed by atoms with Gasteiger partial charge in [-0.05, 0) is 40.0 Å². The second kappa shape index (κ2) is 6.61. The molecule has 0 radical (unpaired) electrons. The molecule has 0 aliphatic carbocycles. The number of halogens is 2. The van der Waals surface area contributed by atoms with Crippen LogP contribution in [0.5, 0.6) is 5.75 Å². The Bertz CT molecular complexity index is 600. The first-order valence-corrected chi connectivity index (χ1v) is 7.55. The normalized spacial score (nSPS) is 12.4. The summed E-state index contributed by atoms with van der Waals surface area (Å²) in [5.41, 5.74) is 8.14. The highest BCUT2D eigenvalue weighted by Crippen LogP contribution is 2.32. The molecule has 0 bridgehead atoms. The van der Waals surface area contributed by atoms with Crippen molar-refractivity contribution in [3.05, 3.63) is 45.1 Å². The van der Waals surface area contributed by atoms with E-state index in [0.29, 0.717) is 5.02 Å². The highest BCUT2D eigenvalue weighted by atomic mass is 79.9. The Balaban J connectivity index is 2.38. The lowest BCUT2D eigenvalue weighted by atomic mass is 10.0. The van der Waals surface area contributed by atoms with Crippen LogP contribution in [-0.4, -0.2) is 16.9 Å². The lowest BCUT2D eigenvalue weighted by Gasteiger charge is -2.16. The third kappa shape index (κ3) is 3.00. The summed E-state index contributed by atoms with van der Waals surface area (Å²) in [5, 5.41) is 4.87. The molecule has 4 nitrogen and oxygen atoms in total. The van der Waals surface area contributed by atoms with E-state index < -0.39 is 0 Å². The van der Waals surface area contributed by atoms with Crippen molar-refractivity contribution in [2.24, 2.45) is 5.73 Å². The zero-order chi connectivity index (χ0) is 14.7. The lowest BCUT2D eigenvalue weighted by molar-refractivity contribution is 0.412. The summed E-state index contributed by atoms with van der Waals surface area (Å²) in [6, 6.07) is 5.45. The number of aryl methyl sites for hydroxylation is 1. The average molecular weight is 359 g/mol. The Hall–Kier alpha value is -1.04. The van der Waals surface area contributed by atoms with Crippen molar-refractivity contribution in [1.82, 2.24) is 9.78 Å². The molecule has 1 aromatic carbocycles. The molecule has 1 atom stereocenters. The fourth-order valence-electron chi connectivity index (χ4n) is 2.11. The maximum Gasteiger partial charge on any atom is 0.133 e. The van der Waals surface area contributed by atoms with Crippen LogP contribution in [0.2, 0.25) is 5.02 Å². The molecule has 0 aliphatic heterocycles. The third-order valence-corrected chi connectivity index (χ3v) is 4.01. The second-order valence-corrected chi connectivity index (χ2v) is 5.73. The number of ether oxygens (including phenoxy) is 1. The van der Waals surface area contributed by atoms with E-state index in [0.717, 1.165) is 34.4 Å². The van der Waals surface area contributed by atoms with Crippen LogP contribution in [0.1, 0.15) is 30.6 Å². The van der Waals surface area contributed by atoms with Crippen LogP contribution in [0.3, 0.4) is 0 Å². The Morgan fingerprint density at radius 2 is 2.25 bits per heavy atom. The maximum absolute atomic E-state index is 6.35. The number of nitrogens with two attached hydrogens (primary N) is 1. The number of aromatic nitrogens is 2. The van der Waals surface area contributed by atoms with Gasteiger partial charge in [-0.2, -0.15) is 5.10 Å². The summed E-state index contributed by atoms with van der Waals surface area (Å²) >= 11 is 9.69. The minimum absolute atomic E-state index is 0.321. The topological polar surface area (TPSA) is 53.1 Å². The van der Waals surface area contributed by atoms with Gasteiger partial charge >= 0.3 is 0 Å². The second-order valence-electron chi connectivity index (χ2n) is 4.47.